The van der Waals surface area contributed by atoms with E-state index >= 15 is 0 Å². The van der Waals surface area contributed by atoms with E-state index in [-0.39, 0.29) is 28.6 Å². The number of ketones is 1. The van der Waals surface area contributed by atoms with Gasteiger partial charge in [-0.2, -0.15) is 0 Å². The van der Waals surface area contributed by atoms with Crippen LogP contribution in [0, 0.1) is 0 Å². The lowest BCUT2D eigenvalue weighted by Gasteiger charge is -2.11. The number of benzene rings is 3. The molecule has 5 rings (SSSR count). The summed E-state index contributed by atoms with van der Waals surface area (Å²) in [5, 5.41) is 20.9. The number of Topliss-reactive ketones (excluding diaryl/α,β-unsaturated/α-hetero) is 1. The molecule has 1 aromatic heterocycles. The van der Waals surface area contributed by atoms with Gasteiger partial charge >= 0.3 is 0 Å². The maximum atomic E-state index is 13.0. The third-order valence-electron chi connectivity index (χ3n) is 5.59. The Balaban J connectivity index is 1.74. The van der Waals surface area contributed by atoms with Crippen molar-refractivity contribution in [2.75, 3.05) is 13.7 Å². The minimum atomic E-state index is -0.426. The van der Waals surface area contributed by atoms with Crippen molar-refractivity contribution in [2.45, 2.75) is 6.54 Å². The highest BCUT2D eigenvalue weighted by atomic mass is 16.5. The predicted molar refractivity (Wildman–Crippen MR) is 122 cm³/mol. The van der Waals surface area contributed by atoms with Crippen LogP contribution >= 0.6 is 0 Å². The van der Waals surface area contributed by atoms with E-state index in [9.17, 15) is 15.0 Å². The maximum Gasteiger partial charge on any atom is 0.235 e. The zero-order chi connectivity index (χ0) is 22.2. The summed E-state index contributed by atoms with van der Waals surface area (Å²) < 4.78 is 13.3. The summed E-state index contributed by atoms with van der Waals surface area (Å²) >= 11 is 0. The smallest absolute Gasteiger partial charge is 0.235 e. The number of carbonyl (C=O) groups excluding carboxylic acids is 1. The second-order valence-electron chi connectivity index (χ2n) is 7.57. The van der Waals surface area contributed by atoms with Crippen LogP contribution in [-0.2, 0) is 11.3 Å². The molecule has 0 atom stereocenters. The molecule has 0 saturated heterocycles. The van der Waals surface area contributed by atoms with Crippen LogP contribution in [0.2, 0.25) is 0 Å². The molecule has 3 aromatic carbocycles. The normalized spacial score (nSPS) is 14.2. The van der Waals surface area contributed by atoms with Crippen molar-refractivity contribution >= 4 is 22.8 Å². The molecule has 0 radical (unpaired) electrons. The van der Waals surface area contributed by atoms with Gasteiger partial charge < -0.3 is 24.3 Å². The van der Waals surface area contributed by atoms with E-state index < -0.39 is 5.78 Å². The van der Waals surface area contributed by atoms with Crippen LogP contribution in [0.5, 0.6) is 17.2 Å². The molecule has 160 valence electrons. The fraction of sp³-hybridized carbons (Fsp3) is 0.115. The molecule has 0 saturated carbocycles. The number of ether oxygens (including phenoxy) is 2. The van der Waals surface area contributed by atoms with Crippen LogP contribution in [0.15, 0.2) is 72.5 Å². The standard InChI is InChI=1S/C26H21NO5/c1-31-12-11-27-20-10-6-5-9-18(20)19(25(27)16-7-3-2-4-8-16)15-23-26(30)24-21(29)13-17(28)14-22(24)32-23/h2-10,13-15,28-29H,11-12H2,1H3. The molecule has 32 heavy (non-hydrogen) atoms. The van der Waals surface area contributed by atoms with Crippen LogP contribution < -0.4 is 4.74 Å². The number of allylic oxidation sites excluding steroid dienone is 1. The molecule has 1 aliphatic rings. The van der Waals surface area contributed by atoms with Gasteiger partial charge in [0.2, 0.25) is 5.78 Å². The topological polar surface area (TPSA) is 80.9 Å². The van der Waals surface area contributed by atoms with E-state index in [1.54, 1.807) is 13.2 Å². The van der Waals surface area contributed by atoms with Crippen LogP contribution in [0.4, 0.5) is 0 Å². The molecule has 0 bridgehead atoms. The third kappa shape index (κ3) is 3.21. The number of aromatic hydroxyl groups is 2. The number of hydrogen-bond acceptors (Lipinski definition) is 5. The van der Waals surface area contributed by atoms with E-state index in [0.717, 1.165) is 33.8 Å². The zero-order valence-corrected chi connectivity index (χ0v) is 17.4. The van der Waals surface area contributed by atoms with Gasteiger partial charge in [0, 0.05) is 42.3 Å². The van der Waals surface area contributed by atoms with Crippen molar-refractivity contribution in [1.29, 1.82) is 0 Å². The first-order valence-electron chi connectivity index (χ1n) is 10.2. The van der Waals surface area contributed by atoms with Crippen LogP contribution in [0.1, 0.15) is 15.9 Å². The summed E-state index contributed by atoms with van der Waals surface area (Å²) in [7, 11) is 1.67. The monoisotopic (exact) mass is 427 g/mol. The zero-order valence-electron chi connectivity index (χ0n) is 17.4. The van der Waals surface area contributed by atoms with Gasteiger partial charge in [-0.3, -0.25) is 4.79 Å². The van der Waals surface area contributed by atoms with Crippen molar-refractivity contribution < 1.29 is 24.5 Å². The maximum absolute atomic E-state index is 13.0. The number of carbonyl (C=O) groups is 1. The number of rotatable bonds is 5. The van der Waals surface area contributed by atoms with Gasteiger partial charge in [0.05, 0.1) is 12.3 Å². The number of aromatic nitrogens is 1. The molecule has 0 unspecified atom stereocenters. The number of hydrogen-bond donors (Lipinski definition) is 2. The van der Waals surface area contributed by atoms with Crippen molar-refractivity contribution in [3.63, 3.8) is 0 Å². The first-order chi connectivity index (χ1) is 15.6. The highest BCUT2D eigenvalue weighted by molar-refractivity contribution is 6.17. The van der Waals surface area contributed by atoms with Gasteiger partial charge in [-0.15, -0.1) is 0 Å². The number of phenolic OH excluding ortho intramolecular Hbond substituents is 2. The highest BCUT2D eigenvalue weighted by Gasteiger charge is 2.32. The van der Waals surface area contributed by atoms with Crippen LogP contribution in [-0.4, -0.2) is 34.3 Å². The van der Waals surface area contributed by atoms with Crippen molar-refractivity contribution in [1.82, 2.24) is 4.57 Å². The first kappa shape index (κ1) is 19.9. The Labute approximate surface area is 184 Å². The van der Waals surface area contributed by atoms with Crippen molar-refractivity contribution in [3.8, 4) is 28.5 Å². The van der Waals surface area contributed by atoms with Crippen molar-refractivity contribution in [3.05, 3.63) is 83.6 Å². The summed E-state index contributed by atoms with van der Waals surface area (Å²) in [6.45, 7) is 1.16. The quantitative estimate of drug-likeness (QED) is 0.439. The molecule has 2 heterocycles. The third-order valence-corrected chi connectivity index (χ3v) is 5.59. The predicted octanol–water partition coefficient (Wildman–Crippen LogP) is 4.98. The molecule has 6 heteroatoms. The Kier molecular flexibility index (Phi) is 4.92. The average Bonchev–Trinajstić information content (AvgIpc) is 3.27. The van der Waals surface area contributed by atoms with Gasteiger partial charge in [-0.05, 0) is 17.7 Å². The van der Waals surface area contributed by atoms with Gasteiger partial charge in [-0.25, -0.2) is 0 Å². The average molecular weight is 427 g/mol. The molecule has 4 aromatic rings. The van der Waals surface area contributed by atoms with Crippen molar-refractivity contribution in [2.24, 2.45) is 0 Å². The SMILES string of the molecule is COCCn1c(-c2ccccc2)c(C=C2Oc3cc(O)cc(O)c3C2=O)c2ccccc21. The Hall–Kier alpha value is -4.03. The number of para-hydroxylation sites is 1. The summed E-state index contributed by atoms with van der Waals surface area (Å²) in [6, 6.07) is 20.4. The first-order valence-corrected chi connectivity index (χ1v) is 10.2. The summed E-state index contributed by atoms with van der Waals surface area (Å²) in [6.07, 6.45) is 1.72. The van der Waals surface area contributed by atoms with E-state index in [2.05, 4.69) is 4.57 Å². The Morgan fingerprint density at radius 1 is 1.03 bits per heavy atom. The lowest BCUT2D eigenvalue weighted by atomic mass is 10.0. The van der Waals surface area contributed by atoms with E-state index in [1.165, 1.54) is 6.07 Å². The molecule has 0 fully saturated rings. The number of phenols is 2. The molecule has 6 nitrogen and oxygen atoms in total. The van der Waals surface area contributed by atoms with E-state index in [1.807, 2.05) is 54.6 Å². The van der Waals surface area contributed by atoms with Gasteiger partial charge in [0.25, 0.3) is 0 Å². The Morgan fingerprint density at radius 3 is 2.56 bits per heavy atom. The van der Waals surface area contributed by atoms with Crippen LogP contribution in [0.3, 0.4) is 0 Å². The molecule has 1 aliphatic heterocycles. The molecule has 0 aliphatic carbocycles. The van der Waals surface area contributed by atoms with Gasteiger partial charge in [0.15, 0.2) is 5.76 Å². The fourth-order valence-electron chi connectivity index (χ4n) is 4.21. The Morgan fingerprint density at radius 2 is 1.78 bits per heavy atom. The summed E-state index contributed by atoms with van der Waals surface area (Å²) in [5.41, 5.74) is 3.84. The van der Waals surface area contributed by atoms with E-state index in [0.29, 0.717) is 13.2 Å². The molecule has 2 N–H and O–H groups in total. The lowest BCUT2D eigenvalue weighted by molar-refractivity contribution is 0.101. The summed E-state index contributed by atoms with van der Waals surface area (Å²) in [5.74, 6) is -0.670. The number of nitrogens with zero attached hydrogens (tertiary/aromatic N) is 1. The Bertz CT molecular complexity index is 1370. The minimum absolute atomic E-state index is 0.0541. The number of fused-ring (bicyclic) bond motifs is 2. The summed E-state index contributed by atoms with van der Waals surface area (Å²) in [4.78, 5) is 13.0. The molecular weight excluding hydrogens is 406 g/mol. The molecular formula is C26H21NO5. The second kappa shape index (κ2) is 7.90. The van der Waals surface area contributed by atoms with E-state index in [4.69, 9.17) is 9.47 Å². The van der Waals surface area contributed by atoms with Crippen LogP contribution in [0.25, 0.3) is 28.2 Å². The highest BCUT2D eigenvalue weighted by Crippen LogP contribution is 2.42. The fourth-order valence-corrected chi connectivity index (χ4v) is 4.21. The minimum Gasteiger partial charge on any atom is -0.508 e. The second-order valence-corrected chi connectivity index (χ2v) is 7.57. The molecule has 0 spiro atoms. The lowest BCUT2D eigenvalue weighted by Crippen LogP contribution is -2.06. The number of methoxy groups -OCH3 is 1. The molecule has 0 amide bonds. The van der Waals surface area contributed by atoms with Gasteiger partial charge in [-0.1, -0.05) is 48.5 Å². The largest absolute Gasteiger partial charge is 0.508 e. The van der Waals surface area contributed by atoms with Gasteiger partial charge in [0.1, 0.15) is 22.8 Å².